The van der Waals surface area contributed by atoms with Crippen molar-refractivity contribution in [3.05, 3.63) is 41.2 Å². The van der Waals surface area contributed by atoms with Gasteiger partial charge in [0, 0.05) is 31.9 Å². The Morgan fingerprint density at radius 2 is 1.80 bits per heavy atom. The lowest BCUT2D eigenvalue weighted by Crippen LogP contribution is -2.38. The number of rotatable bonds is 12. The van der Waals surface area contributed by atoms with E-state index in [1.54, 1.807) is 0 Å². The van der Waals surface area contributed by atoms with Gasteiger partial charge in [-0.25, -0.2) is 0 Å². The number of aromatic nitrogens is 2. The predicted molar refractivity (Wildman–Crippen MR) is 123 cm³/mol. The number of benzene rings is 1. The molecule has 166 valence electrons. The average Bonchev–Trinajstić information content (AvgIpc) is 3.04. The van der Waals surface area contributed by atoms with E-state index in [2.05, 4.69) is 47.8 Å². The van der Waals surface area contributed by atoms with Gasteiger partial charge in [0.2, 0.25) is 0 Å². The molecule has 2 N–H and O–H groups in total. The summed E-state index contributed by atoms with van der Waals surface area (Å²) >= 11 is 0. The summed E-state index contributed by atoms with van der Waals surface area (Å²) in [7, 11) is 0. The largest absolute Gasteiger partial charge is 0.490 e. The topological polar surface area (TPSA) is 72.7 Å². The lowest BCUT2D eigenvalue weighted by Gasteiger charge is -2.14. The van der Waals surface area contributed by atoms with Crippen molar-refractivity contribution in [3.63, 3.8) is 0 Å². The minimum absolute atomic E-state index is 0.622. The van der Waals surface area contributed by atoms with Crippen LogP contribution in [0, 0.1) is 13.8 Å². The number of aliphatic imine (C=N–C) groups is 1. The van der Waals surface area contributed by atoms with E-state index in [1.807, 2.05) is 31.5 Å². The summed E-state index contributed by atoms with van der Waals surface area (Å²) < 4.78 is 13.4. The van der Waals surface area contributed by atoms with Gasteiger partial charge in [-0.3, -0.25) is 9.67 Å². The molecule has 0 atom stereocenters. The molecule has 7 nitrogen and oxygen atoms in total. The minimum Gasteiger partial charge on any atom is -0.490 e. The van der Waals surface area contributed by atoms with Crippen LogP contribution < -0.4 is 20.1 Å². The monoisotopic (exact) mass is 415 g/mol. The van der Waals surface area contributed by atoms with Crippen LogP contribution in [0.4, 0.5) is 0 Å². The van der Waals surface area contributed by atoms with E-state index in [9.17, 15) is 0 Å². The molecule has 0 aliphatic rings. The zero-order valence-electron chi connectivity index (χ0n) is 19.1. The molecule has 0 amide bonds. The number of nitrogens with one attached hydrogen (secondary N) is 2. The highest BCUT2D eigenvalue weighted by molar-refractivity contribution is 5.79. The van der Waals surface area contributed by atoms with Crippen LogP contribution in [0.3, 0.4) is 0 Å². The van der Waals surface area contributed by atoms with E-state index in [0.717, 1.165) is 62.2 Å². The van der Waals surface area contributed by atoms with Crippen LogP contribution in [0.2, 0.25) is 0 Å². The standard InChI is InChI=1S/C23H37N5O2/c1-6-24-23(25-13-9-15-28-19(5)16-18(4)27-28)26-14-12-20-10-11-21(29-7-2)22(17-20)30-8-3/h10-11,16-17H,6-9,12-15H2,1-5H3,(H2,24,25,26). The van der Waals surface area contributed by atoms with Crippen molar-refractivity contribution in [1.29, 1.82) is 0 Å². The first-order valence-electron chi connectivity index (χ1n) is 11.0. The first kappa shape index (κ1) is 23.6. The molecule has 0 bridgehead atoms. The van der Waals surface area contributed by atoms with Gasteiger partial charge in [0.05, 0.1) is 18.9 Å². The maximum atomic E-state index is 5.72. The van der Waals surface area contributed by atoms with Crippen molar-refractivity contribution in [1.82, 2.24) is 20.4 Å². The second-order valence-corrected chi connectivity index (χ2v) is 7.09. The van der Waals surface area contributed by atoms with Gasteiger partial charge < -0.3 is 20.1 Å². The van der Waals surface area contributed by atoms with Crippen molar-refractivity contribution in [3.8, 4) is 11.5 Å². The van der Waals surface area contributed by atoms with Crippen molar-refractivity contribution < 1.29 is 9.47 Å². The Hall–Kier alpha value is -2.70. The summed E-state index contributed by atoms with van der Waals surface area (Å²) in [5.74, 6) is 2.46. The van der Waals surface area contributed by atoms with Gasteiger partial charge in [-0.1, -0.05) is 6.07 Å². The lowest BCUT2D eigenvalue weighted by molar-refractivity contribution is 0.287. The van der Waals surface area contributed by atoms with Crippen LogP contribution >= 0.6 is 0 Å². The molecule has 1 aromatic heterocycles. The molecule has 30 heavy (non-hydrogen) atoms. The fraction of sp³-hybridized carbons (Fsp3) is 0.565. The first-order valence-corrected chi connectivity index (χ1v) is 11.0. The van der Waals surface area contributed by atoms with Crippen LogP contribution in [-0.4, -0.2) is 48.6 Å². The average molecular weight is 416 g/mol. The van der Waals surface area contributed by atoms with Gasteiger partial charge in [-0.15, -0.1) is 0 Å². The summed E-state index contributed by atoms with van der Waals surface area (Å²) in [5.41, 5.74) is 3.46. The molecular weight excluding hydrogens is 378 g/mol. The maximum absolute atomic E-state index is 5.72. The number of aryl methyl sites for hydroxylation is 3. The van der Waals surface area contributed by atoms with Gasteiger partial charge in [0.15, 0.2) is 17.5 Å². The molecule has 0 saturated carbocycles. The Balaban J connectivity index is 1.84. The summed E-state index contributed by atoms with van der Waals surface area (Å²) in [6.07, 6.45) is 1.83. The molecule has 0 radical (unpaired) electrons. The van der Waals surface area contributed by atoms with Crippen LogP contribution in [0.1, 0.15) is 44.1 Å². The maximum Gasteiger partial charge on any atom is 0.191 e. The fourth-order valence-electron chi connectivity index (χ4n) is 3.23. The smallest absolute Gasteiger partial charge is 0.191 e. The lowest BCUT2D eigenvalue weighted by atomic mass is 10.1. The third-order valence-electron chi connectivity index (χ3n) is 4.56. The van der Waals surface area contributed by atoms with E-state index < -0.39 is 0 Å². The number of hydrogen-bond acceptors (Lipinski definition) is 4. The number of ether oxygens (including phenoxy) is 2. The summed E-state index contributed by atoms with van der Waals surface area (Å²) in [6.45, 7) is 14.7. The van der Waals surface area contributed by atoms with Crippen molar-refractivity contribution in [2.75, 3.05) is 32.8 Å². The third kappa shape index (κ3) is 7.61. The van der Waals surface area contributed by atoms with Gasteiger partial charge in [0.25, 0.3) is 0 Å². The Bertz CT molecular complexity index is 801. The van der Waals surface area contributed by atoms with E-state index in [4.69, 9.17) is 14.5 Å². The van der Waals surface area contributed by atoms with E-state index in [-0.39, 0.29) is 0 Å². The van der Waals surface area contributed by atoms with Crippen molar-refractivity contribution >= 4 is 5.96 Å². The molecule has 0 spiro atoms. The SMILES string of the molecule is CCNC(=NCCCn1nc(C)cc1C)NCCc1ccc(OCC)c(OCC)c1. The number of hydrogen-bond donors (Lipinski definition) is 2. The zero-order chi connectivity index (χ0) is 21.8. The predicted octanol–water partition coefficient (Wildman–Crippen LogP) is 3.49. The first-order chi connectivity index (χ1) is 14.6. The highest BCUT2D eigenvalue weighted by Crippen LogP contribution is 2.28. The minimum atomic E-state index is 0.622. The summed E-state index contributed by atoms with van der Waals surface area (Å²) in [5, 5.41) is 11.2. The van der Waals surface area contributed by atoms with Gasteiger partial charge in [-0.05, 0) is 71.2 Å². The molecule has 0 aliphatic heterocycles. The van der Waals surface area contributed by atoms with Crippen LogP contribution in [0.5, 0.6) is 11.5 Å². The summed E-state index contributed by atoms with van der Waals surface area (Å²) in [6, 6.07) is 8.25. The molecule has 0 fully saturated rings. The van der Waals surface area contributed by atoms with Crippen LogP contribution in [0.25, 0.3) is 0 Å². The third-order valence-corrected chi connectivity index (χ3v) is 4.56. The Morgan fingerprint density at radius 3 is 2.47 bits per heavy atom. The molecule has 2 rings (SSSR count). The van der Waals surface area contributed by atoms with Crippen LogP contribution in [0.15, 0.2) is 29.3 Å². The van der Waals surface area contributed by atoms with Gasteiger partial charge >= 0.3 is 0 Å². The molecule has 7 heteroatoms. The Labute approximate surface area is 180 Å². The molecule has 1 aromatic carbocycles. The molecule has 1 heterocycles. The number of nitrogens with zero attached hydrogens (tertiary/aromatic N) is 3. The molecular formula is C23H37N5O2. The Morgan fingerprint density at radius 1 is 1.03 bits per heavy atom. The van der Waals surface area contributed by atoms with E-state index in [1.165, 1.54) is 11.3 Å². The Kier molecular flexibility index (Phi) is 10.0. The second kappa shape index (κ2) is 12.8. The van der Waals surface area contributed by atoms with E-state index >= 15 is 0 Å². The van der Waals surface area contributed by atoms with Crippen molar-refractivity contribution in [2.24, 2.45) is 4.99 Å². The second-order valence-electron chi connectivity index (χ2n) is 7.09. The normalized spacial score (nSPS) is 11.4. The molecule has 2 aromatic rings. The fourth-order valence-corrected chi connectivity index (χ4v) is 3.23. The molecule has 0 aliphatic carbocycles. The van der Waals surface area contributed by atoms with Gasteiger partial charge in [-0.2, -0.15) is 5.10 Å². The molecule has 0 unspecified atom stereocenters. The highest BCUT2D eigenvalue weighted by atomic mass is 16.5. The highest BCUT2D eigenvalue weighted by Gasteiger charge is 2.07. The zero-order valence-corrected chi connectivity index (χ0v) is 19.1. The molecule has 0 saturated heterocycles. The van der Waals surface area contributed by atoms with Crippen LogP contribution in [-0.2, 0) is 13.0 Å². The number of guanidine groups is 1. The van der Waals surface area contributed by atoms with Gasteiger partial charge in [0.1, 0.15) is 0 Å². The van der Waals surface area contributed by atoms with E-state index in [0.29, 0.717) is 13.2 Å². The van der Waals surface area contributed by atoms with Crippen molar-refractivity contribution in [2.45, 2.75) is 54.0 Å². The summed E-state index contributed by atoms with van der Waals surface area (Å²) in [4.78, 5) is 4.69. The quantitative estimate of drug-likeness (QED) is 0.315.